The predicted octanol–water partition coefficient (Wildman–Crippen LogP) is -0.807. The Morgan fingerprint density at radius 1 is 1.13 bits per heavy atom. The maximum absolute atomic E-state index is 11.5. The highest BCUT2D eigenvalue weighted by Gasteiger charge is 2.23. The second kappa shape index (κ2) is 7.48. The fraction of sp³-hybridized carbons (Fsp3) is 0.400. The summed E-state index contributed by atoms with van der Waals surface area (Å²) in [4.78, 5) is 33.4. The van der Waals surface area contributed by atoms with E-state index in [0.717, 1.165) is 18.6 Å². The van der Waals surface area contributed by atoms with Crippen molar-refractivity contribution in [1.82, 2.24) is 10.6 Å². The fourth-order valence-electron chi connectivity index (χ4n) is 2.44. The van der Waals surface area contributed by atoms with Crippen molar-refractivity contribution in [1.29, 1.82) is 0 Å². The first-order chi connectivity index (χ1) is 11.0. The molecule has 0 spiro atoms. The number of fused-ring (bicyclic) bond motifs is 1. The fourth-order valence-corrected chi connectivity index (χ4v) is 2.44. The minimum absolute atomic E-state index is 0.202. The Labute approximate surface area is 133 Å². The molecule has 0 saturated carbocycles. The van der Waals surface area contributed by atoms with Gasteiger partial charge in [-0.2, -0.15) is 0 Å². The van der Waals surface area contributed by atoms with Gasteiger partial charge in [-0.15, -0.1) is 0 Å². The zero-order chi connectivity index (χ0) is 16.8. The Bertz CT molecular complexity index is 603. The van der Waals surface area contributed by atoms with E-state index < -0.39 is 23.9 Å². The zero-order valence-electron chi connectivity index (χ0n) is 12.6. The first-order valence-electron chi connectivity index (χ1n) is 7.35. The molecule has 0 saturated heterocycles. The van der Waals surface area contributed by atoms with E-state index in [9.17, 15) is 14.4 Å². The summed E-state index contributed by atoms with van der Waals surface area (Å²) in [5, 5.41) is 4.55. The maximum Gasteiger partial charge on any atom is 0.315 e. The van der Waals surface area contributed by atoms with Crippen LogP contribution in [0.15, 0.2) is 18.2 Å². The number of rotatable bonds is 7. The molecule has 0 aromatic heterocycles. The van der Waals surface area contributed by atoms with E-state index in [1.165, 1.54) is 17.5 Å². The van der Waals surface area contributed by atoms with Crippen molar-refractivity contribution in [3.05, 3.63) is 29.3 Å². The summed E-state index contributed by atoms with van der Waals surface area (Å²) < 4.78 is 5.56. The van der Waals surface area contributed by atoms with Crippen LogP contribution in [0.5, 0.6) is 5.75 Å². The summed E-state index contributed by atoms with van der Waals surface area (Å²) in [7, 11) is 0. The van der Waals surface area contributed by atoms with Gasteiger partial charge in [0.25, 0.3) is 0 Å². The molecule has 2 rings (SSSR count). The van der Waals surface area contributed by atoms with Gasteiger partial charge in [-0.25, -0.2) is 4.79 Å². The molecule has 4 amide bonds. The van der Waals surface area contributed by atoms with Gasteiger partial charge < -0.3 is 26.8 Å². The van der Waals surface area contributed by atoms with E-state index in [1.54, 1.807) is 0 Å². The lowest BCUT2D eigenvalue weighted by molar-refractivity contribution is -0.128. The van der Waals surface area contributed by atoms with Gasteiger partial charge in [0.2, 0.25) is 11.8 Å². The molecule has 1 aliphatic carbocycles. The van der Waals surface area contributed by atoms with Crippen LogP contribution in [0.1, 0.15) is 17.5 Å². The lowest BCUT2D eigenvalue weighted by Crippen LogP contribution is -2.55. The minimum Gasteiger partial charge on any atom is -0.492 e. The molecule has 1 aromatic carbocycles. The molecule has 0 aliphatic heterocycles. The summed E-state index contributed by atoms with van der Waals surface area (Å²) in [6, 6.07) is 3.72. The molecule has 0 radical (unpaired) electrons. The number of primary amides is 2. The van der Waals surface area contributed by atoms with Crippen molar-refractivity contribution in [3.63, 3.8) is 0 Å². The van der Waals surface area contributed by atoms with E-state index in [1.807, 2.05) is 12.1 Å². The Hall–Kier alpha value is -2.77. The van der Waals surface area contributed by atoms with E-state index in [-0.39, 0.29) is 13.2 Å². The van der Waals surface area contributed by atoms with Crippen molar-refractivity contribution < 1.29 is 19.1 Å². The number of amides is 4. The lowest BCUT2D eigenvalue weighted by Gasteiger charge is -2.13. The number of aryl methyl sites for hydroxylation is 2. The number of hydrogen-bond donors (Lipinski definition) is 4. The second-order valence-corrected chi connectivity index (χ2v) is 5.27. The monoisotopic (exact) mass is 320 g/mol. The van der Waals surface area contributed by atoms with Gasteiger partial charge in [0.05, 0.1) is 6.54 Å². The summed E-state index contributed by atoms with van der Waals surface area (Å²) >= 11 is 0. The molecule has 0 atom stereocenters. The van der Waals surface area contributed by atoms with E-state index >= 15 is 0 Å². The first kappa shape index (κ1) is 16.6. The molecule has 1 aromatic rings. The van der Waals surface area contributed by atoms with Gasteiger partial charge in [-0.05, 0) is 42.5 Å². The van der Waals surface area contributed by atoms with Crippen LogP contribution in [0, 0.1) is 0 Å². The van der Waals surface area contributed by atoms with Gasteiger partial charge in [0.1, 0.15) is 12.4 Å². The van der Waals surface area contributed by atoms with Crippen LogP contribution in [0.25, 0.3) is 0 Å². The Kier molecular flexibility index (Phi) is 5.40. The Morgan fingerprint density at radius 3 is 2.52 bits per heavy atom. The van der Waals surface area contributed by atoms with Crippen LogP contribution in [-0.4, -0.2) is 37.0 Å². The normalized spacial score (nSPS) is 12.6. The van der Waals surface area contributed by atoms with Crippen molar-refractivity contribution in [2.45, 2.75) is 25.3 Å². The van der Waals surface area contributed by atoms with Crippen molar-refractivity contribution >= 4 is 17.8 Å². The average Bonchev–Trinajstić information content (AvgIpc) is 2.96. The van der Waals surface area contributed by atoms with Crippen LogP contribution in [-0.2, 0) is 22.4 Å². The molecule has 0 bridgehead atoms. The summed E-state index contributed by atoms with van der Waals surface area (Å²) in [6.45, 7) is 0.456. The number of hydrogen-bond acceptors (Lipinski definition) is 4. The van der Waals surface area contributed by atoms with Crippen LogP contribution >= 0.6 is 0 Å². The Balaban J connectivity index is 1.71. The Morgan fingerprint density at radius 2 is 1.83 bits per heavy atom. The van der Waals surface area contributed by atoms with Crippen molar-refractivity contribution in [3.8, 4) is 5.75 Å². The highest BCUT2D eigenvalue weighted by Crippen LogP contribution is 2.25. The molecule has 6 N–H and O–H groups in total. The van der Waals surface area contributed by atoms with E-state index in [0.29, 0.717) is 0 Å². The van der Waals surface area contributed by atoms with Crippen LogP contribution < -0.4 is 26.8 Å². The van der Waals surface area contributed by atoms with Crippen LogP contribution in [0.2, 0.25) is 0 Å². The van der Waals surface area contributed by atoms with Gasteiger partial charge in [0, 0.05) is 0 Å². The number of ether oxygens (including phenoxy) is 1. The van der Waals surface area contributed by atoms with E-state index in [2.05, 4.69) is 16.7 Å². The first-order valence-corrected chi connectivity index (χ1v) is 7.35. The molecule has 23 heavy (non-hydrogen) atoms. The zero-order valence-corrected chi connectivity index (χ0v) is 12.6. The number of benzene rings is 1. The summed E-state index contributed by atoms with van der Waals surface area (Å²) in [5.41, 5.74) is 12.6. The third kappa shape index (κ3) is 4.60. The molecule has 0 fully saturated rings. The van der Waals surface area contributed by atoms with E-state index in [4.69, 9.17) is 16.2 Å². The van der Waals surface area contributed by atoms with Crippen molar-refractivity contribution in [2.24, 2.45) is 11.5 Å². The largest absolute Gasteiger partial charge is 0.492 e. The van der Waals surface area contributed by atoms with Gasteiger partial charge in [-0.1, -0.05) is 6.07 Å². The number of urea groups is 1. The topological polar surface area (TPSA) is 137 Å². The molecule has 1 aliphatic rings. The smallest absolute Gasteiger partial charge is 0.315 e. The lowest BCUT2D eigenvalue weighted by atomic mass is 10.1. The minimum atomic E-state index is -1.53. The third-order valence-corrected chi connectivity index (χ3v) is 3.57. The molecule has 0 heterocycles. The molecular weight excluding hydrogens is 300 g/mol. The van der Waals surface area contributed by atoms with Gasteiger partial charge in [0.15, 0.2) is 6.04 Å². The molecular formula is C15H20N4O4. The summed E-state index contributed by atoms with van der Waals surface area (Å²) in [5.74, 6) is -1.27. The standard InChI is InChI=1S/C15H20N4O4/c16-13(20)12(14(17)21)19-15(22)18-6-7-23-11-5-4-9-2-1-3-10(9)8-11/h4-5,8,12H,1-3,6-7H2,(H2,16,20)(H2,17,21)(H2,18,19,22). The van der Waals surface area contributed by atoms with Crippen molar-refractivity contribution in [2.75, 3.05) is 13.2 Å². The average molecular weight is 320 g/mol. The third-order valence-electron chi connectivity index (χ3n) is 3.57. The van der Waals surface area contributed by atoms with Crippen LogP contribution in [0.4, 0.5) is 4.79 Å². The number of carbonyl (C=O) groups excluding carboxylic acids is 3. The van der Waals surface area contributed by atoms with Gasteiger partial charge >= 0.3 is 6.03 Å². The van der Waals surface area contributed by atoms with Gasteiger partial charge in [-0.3, -0.25) is 9.59 Å². The van der Waals surface area contributed by atoms with Crippen LogP contribution in [0.3, 0.4) is 0 Å². The maximum atomic E-state index is 11.5. The predicted molar refractivity (Wildman–Crippen MR) is 82.7 cm³/mol. The molecule has 8 nitrogen and oxygen atoms in total. The number of carbonyl (C=O) groups is 3. The SMILES string of the molecule is NC(=O)C(NC(=O)NCCOc1ccc2c(c1)CCC2)C(N)=O. The number of nitrogens with one attached hydrogen (secondary N) is 2. The summed E-state index contributed by atoms with van der Waals surface area (Å²) in [6.07, 6.45) is 3.34. The highest BCUT2D eigenvalue weighted by molar-refractivity contribution is 6.05. The molecule has 124 valence electrons. The second-order valence-electron chi connectivity index (χ2n) is 5.27. The number of nitrogens with two attached hydrogens (primary N) is 2. The molecule has 8 heteroatoms. The quantitative estimate of drug-likeness (QED) is 0.386. The highest BCUT2D eigenvalue weighted by atomic mass is 16.5. The molecule has 0 unspecified atom stereocenters.